The second-order valence-corrected chi connectivity index (χ2v) is 6.49. The van der Waals surface area contributed by atoms with Gasteiger partial charge in [-0.3, -0.25) is 14.8 Å². The molecule has 0 aliphatic heterocycles. The van der Waals surface area contributed by atoms with Crippen molar-refractivity contribution in [2.75, 3.05) is 5.32 Å². The Kier molecular flexibility index (Phi) is 5.01. The Hall–Kier alpha value is -3.67. The summed E-state index contributed by atoms with van der Waals surface area (Å²) >= 11 is 0. The lowest BCUT2D eigenvalue weighted by molar-refractivity contribution is 0.102. The smallest absolute Gasteiger partial charge is 0.261 e. The average Bonchev–Trinajstić information content (AvgIpc) is 3.39. The third-order valence-corrected chi connectivity index (χ3v) is 4.49. The van der Waals surface area contributed by atoms with Crippen molar-refractivity contribution in [3.63, 3.8) is 0 Å². The third kappa shape index (κ3) is 4.01. The van der Waals surface area contributed by atoms with Crippen LogP contribution >= 0.6 is 0 Å². The first-order valence-corrected chi connectivity index (χ1v) is 9.15. The predicted octanol–water partition coefficient (Wildman–Crippen LogP) is 4.40. The Morgan fingerprint density at radius 3 is 2.61 bits per heavy atom. The molecule has 0 fully saturated rings. The Morgan fingerprint density at radius 1 is 1.07 bits per heavy atom. The van der Waals surface area contributed by atoms with Crippen LogP contribution < -0.4 is 5.32 Å². The number of benzene rings is 2. The molecule has 0 saturated carbocycles. The van der Waals surface area contributed by atoms with Gasteiger partial charge in [-0.25, -0.2) is 0 Å². The molecule has 4 aromatic rings. The maximum Gasteiger partial charge on any atom is 0.261 e. The molecule has 0 aliphatic carbocycles. The highest BCUT2D eigenvalue weighted by Gasteiger charge is 2.13. The minimum atomic E-state index is -0.289. The van der Waals surface area contributed by atoms with Gasteiger partial charge in [0.15, 0.2) is 0 Å². The van der Waals surface area contributed by atoms with E-state index in [1.54, 1.807) is 23.1 Å². The zero-order chi connectivity index (χ0) is 19.3. The van der Waals surface area contributed by atoms with Gasteiger partial charge in [0.2, 0.25) is 5.88 Å². The summed E-state index contributed by atoms with van der Waals surface area (Å²) in [5, 5.41) is 11.0. The first-order chi connectivity index (χ1) is 13.7. The van der Waals surface area contributed by atoms with E-state index < -0.39 is 0 Å². The van der Waals surface area contributed by atoms with E-state index in [9.17, 15) is 4.79 Å². The Morgan fingerprint density at radius 2 is 1.86 bits per heavy atom. The van der Waals surface area contributed by atoms with Gasteiger partial charge in [-0.15, -0.1) is 0 Å². The van der Waals surface area contributed by atoms with Crippen molar-refractivity contribution in [3.8, 4) is 11.3 Å². The molecule has 140 valence electrons. The van der Waals surface area contributed by atoms with E-state index in [-0.39, 0.29) is 5.91 Å². The van der Waals surface area contributed by atoms with Gasteiger partial charge >= 0.3 is 0 Å². The van der Waals surface area contributed by atoms with Crippen LogP contribution in [0, 0.1) is 0 Å². The summed E-state index contributed by atoms with van der Waals surface area (Å²) in [6.45, 7) is 2.72. The first kappa shape index (κ1) is 17.7. The topological polar surface area (TPSA) is 73.0 Å². The van der Waals surface area contributed by atoms with Crippen molar-refractivity contribution in [1.29, 1.82) is 0 Å². The third-order valence-electron chi connectivity index (χ3n) is 4.49. The van der Waals surface area contributed by atoms with Crippen LogP contribution in [0.1, 0.15) is 28.4 Å². The van der Waals surface area contributed by atoms with Gasteiger partial charge < -0.3 is 4.52 Å². The number of rotatable bonds is 6. The zero-order valence-electron chi connectivity index (χ0n) is 15.5. The second kappa shape index (κ2) is 7.92. The Labute approximate surface area is 162 Å². The molecule has 0 unspecified atom stereocenters. The molecule has 1 amide bonds. The molecule has 4 rings (SSSR count). The maximum absolute atomic E-state index is 12.5. The summed E-state index contributed by atoms with van der Waals surface area (Å²) in [6.07, 6.45) is 4.24. The van der Waals surface area contributed by atoms with Crippen LogP contribution in [0.3, 0.4) is 0 Å². The van der Waals surface area contributed by atoms with E-state index >= 15 is 0 Å². The molecule has 0 saturated heterocycles. The number of carbonyl (C=O) groups is 1. The number of aromatic nitrogens is 3. The summed E-state index contributed by atoms with van der Waals surface area (Å²) in [5.74, 6) is 0.0127. The lowest BCUT2D eigenvalue weighted by Gasteiger charge is -2.01. The molecule has 2 heterocycles. The normalized spacial score (nSPS) is 10.8. The molecular weight excluding hydrogens is 352 g/mol. The van der Waals surface area contributed by atoms with Gasteiger partial charge in [0.25, 0.3) is 5.91 Å². The van der Waals surface area contributed by atoms with Crippen molar-refractivity contribution in [2.45, 2.75) is 19.9 Å². The van der Waals surface area contributed by atoms with E-state index in [1.165, 1.54) is 5.56 Å². The van der Waals surface area contributed by atoms with Gasteiger partial charge in [0.05, 0.1) is 18.3 Å². The fourth-order valence-electron chi connectivity index (χ4n) is 2.90. The minimum absolute atomic E-state index is 0.289. The summed E-state index contributed by atoms with van der Waals surface area (Å²) in [5.41, 5.74) is 4.45. The van der Waals surface area contributed by atoms with E-state index in [4.69, 9.17) is 4.52 Å². The molecule has 6 nitrogen and oxygen atoms in total. The van der Waals surface area contributed by atoms with Crippen LogP contribution in [-0.4, -0.2) is 20.8 Å². The maximum atomic E-state index is 12.5. The van der Waals surface area contributed by atoms with E-state index in [0.717, 1.165) is 17.5 Å². The summed E-state index contributed by atoms with van der Waals surface area (Å²) in [4.78, 5) is 12.5. The summed E-state index contributed by atoms with van der Waals surface area (Å²) < 4.78 is 6.99. The molecule has 0 bridgehead atoms. The first-order valence-electron chi connectivity index (χ1n) is 9.15. The minimum Gasteiger partial charge on any atom is -0.338 e. The molecule has 0 spiro atoms. The van der Waals surface area contributed by atoms with Crippen molar-refractivity contribution in [1.82, 2.24) is 14.9 Å². The summed E-state index contributed by atoms with van der Waals surface area (Å²) in [6, 6.07) is 19.8. The Bertz CT molecular complexity index is 1070. The highest BCUT2D eigenvalue weighted by atomic mass is 16.5. The highest BCUT2D eigenvalue weighted by Crippen LogP contribution is 2.22. The van der Waals surface area contributed by atoms with Crippen molar-refractivity contribution in [3.05, 3.63) is 89.7 Å². The van der Waals surface area contributed by atoms with Gasteiger partial charge in [0, 0.05) is 17.8 Å². The molecule has 2 aromatic heterocycles. The number of carbonyl (C=O) groups excluding carboxylic acids is 1. The molecule has 6 heteroatoms. The number of nitrogens with one attached hydrogen (secondary N) is 1. The lowest BCUT2D eigenvalue weighted by atomic mass is 10.1. The van der Waals surface area contributed by atoms with E-state index in [1.807, 2.05) is 42.5 Å². The largest absolute Gasteiger partial charge is 0.338 e. The SMILES string of the molecule is CCc1ccc(-c2cc(NC(=O)c3cnn(Cc4ccccc4)c3)on2)cc1. The van der Waals surface area contributed by atoms with Gasteiger partial charge in [0.1, 0.15) is 5.69 Å². The molecule has 0 atom stereocenters. The fraction of sp³-hybridized carbons (Fsp3) is 0.136. The van der Waals surface area contributed by atoms with Crippen LogP contribution in [0.15, 0.2) is 77.6 Å². The molecule has 0 radical (unpaired) electrons. The van der Waals surface area contributed by atoms with E-state index in [0.29, 0.717) is 23.7 Å². The van der Waals surface area contributed by atoms with Gasteiger partial charge in [-0.2, -0.15) is 5.10 Å². The molecule has 2 aromatic carbocycles. The van der Waals surface area contributed by atoms with Gasteiger partial charge in [-0.05, 0) is 17.5 Å². The van der Waals surface area contributed by atoms with E-state index in [2.05, 4.69) is 34.6 Å². The second-order valence-electron chi connectivity index (χ2n) is 6.49. The number of anilines is 1. The summed E-state index contributed by atoms with van der Waals surface area (Å²) in [7, 11) is 0. The number of hydrogen-bond acceptors (Lipinski definition) is 4. The number of nitrogens with zero attached hydrogens (tertiary/aromatic N) is 3. The van der Waals surface area contributed by atoms with Crippen LogP contribution in [0.4, 0.5) is 5.88 Å². The number of amides is 1. The zero-order valence-corrected chi connectivity index (χ0v) is 15.5. The monoisotopic (exact) mass is 372 g/mol. The Balaban J connectivity index is 1.42. The van der Waals surface area contributed by atoms with Crippen LogP contribution in [0.2, 0.25) is 0 Å². The molecule has 0 aliphatic rings. The quantitative estimate of drug-likeness (QED) is 0.544. The lowest BCUT2D eigenvalue weighted by Crippen LogP contribution is -2.10. The fourth-order valence-corrected chi connectivity index (χ4v) is 2.90. The standard InChI is InChI=1S/C22H20N4O2/c1-2-16-8-10-18(11-9-16)20-12-21(28-25-20)24-22(27)19-13-23-26(15-19)14-17-6-4-3-5-7-17/h3-13,15H,2,14H2,1H3,(H,24,27). The van der Waals surface area contributed by atoms with Crippen molar-refractivity contribution < 1.29 is 9.32 Å². The predicted molar refractivity (Wildman–Crippen MR) is 107 cm³/mol. The molecule has 28 heavy (non-hydrogen) atoms. The highest BCUT2D eigenvalue weighted by molar-refractivity contribution is 6.03. The van der Waals surface area contributed by atoms with Crippen molar-refractivity contribution in [2.24, 2.45) is 0 Å². The van der Waals surface area contributed by atoms with Crippen molar-refractivity contribution >= 4 is 11.8 Å². The number of hydrogen-bond donors (Lipinski definition) is 1. The van der Waals surface area contributed by atoms with Crippen LogP contribution in [0.5, 0.6) is 0 Å². The molecular formula is C22H20N4O2. The van der Waals surface area contributed by atoms with Gasteiger partial charge in [-0.1, -0.05) is 66.7 Å². The average molecular weight is 372 g/mol. The molecule has 1 N–H and O–H groups in total. The van der Waals surface area contributed by atoms with Crippen LogP contribution in [0.25, 0.3) is 11.3 Å². The van der Waals surface area contributed by atoms with Crippen LogP contribution in [-0.2, 0) is 13.0 Å². The number of aryl methyl sites for hydroxylation is 1.